The summed E-state index contributed by atoms with van der Waals surface area (Å²) in [7, 11) is 0. The fourth-order valence-electron chi connectivity index (χ4n) is 2.89. The van der Waals surface area contributed by atoms with Crippen molar-refractivity contribution >= 4 is 5.91 Å². The van der Waals surface area contributed by atoms with Crippen LogP contribution in [0.25, 0.3) is 0 Å². The molecule has 1 aromatic rings. The van der Waals surface area contributed by atoms with Gasteiger partial charge in [0.25, 0.3) is 5.91 Å². The third-order valence-electron chi connectivity index (χ3n) is 3.86. The average Bonchev–Trinajstić information content (AvgIpc) is 2.37. The molecule has 19 heavy (non-hydrogen) atoms. The van der Waals surface area contributed by atoms with Gasteiger partial charge in [-0.05, 0) is 44.7 Å². The van der Waals surface area contributed by atoms with Crippen LogP contribution in [0.4, 0.5) is 0 Å². The third kappa shape index (κ3) is 2.78. The smallest absolute Gasteiger partial charge is 0.254 e. The molecule has 1 aromatic carbocycles. The van der Waals surface area contributed by atoms with Crippen molar-refractivity contribution in [2.45, 2.75) is 33.6 Å². The summed E-state index contributed by atoms with van der Waals surface area (Å²) in [6.45, 7) is 7.44. The van der Waals surface area contributed by atoms with E-state index in [4.69, 9.17) is 5.26 Å². The molecule has 0 unspecified atom stereocenters. The van der Waals surface area contributed by atoms with E-state index in [9.17, 15) is 4.79 Å². The predicted molar refractivity (Wildman–Crippen MR) is 74.9 cm³/mol. The van der Waals surface area contributed by atoms with Crippen molar-refractivity contribution in [3.8, 4) is 6.07 Å². The van der Waals surface area contributed by atoms with Gasteiger partial charge in [0, 0.05) is 24.6 Å². The molecule has 0 aromatic heterocycles. The van der Waals surface area contributed by atoms with Gasteiger partial charge in [0.05, 0.1) is 6.07 Å². The van der Waals surface area contributed by atoms with Gasteiger partial charge in [0.2, 0.25) is 0 Å². The maximum atomic E-state index is 12.6. The highest BCUT2D eigenvalue weighted by Gasteiger charge is 2.25. The molecule has 1 aliphatic heterocycles. The first-order valence-electron chi connectivity index (χ1n) is 6.79. The summed E-state index contributed by atoms with van der Waals surface area (Å²) in [5.74, 6) is 0.232. The van der Waals surface area contributed by atoms with Crippen molar-refractivity contribution in [3.05, 3.63) is 34.4 Å². The molecule has 1 heterocycles. The molecular formula is C16H20N2O. The monoisotopic (exact) mass is 256 g/mol. The lowest BCUT2D eigenvalue weighted by atomic mass is 9.95. The highest BCUT2D eigenvalue weighted by Crippen LogP contribution is 2.22. The Kier molecular flexibility index (Phi) is 3.90. The van der Waals surface area contributed by atoms with Crippen LogP contribution in [0.2, 0.25) is 0 Å². The first kappa shape index (κ1) is 13.6. The molecule has 2 rings (SSSR count). The first-order valence-corrected chi connectivity index (χ1v) is 6.79. The number of nitriles is 1. The number of rotatable bonds is 1. The van der Waals surface area contributed by atoms with Crippen LogP contribution < -0.4 is 0 Å². The number of hydrogen-bond acceptors (Lipinski definition) is 2. The molecular weight excluding hydrogens is 236 g/mol. The van der Waals surface area contributed by atoms with E-state index in [1.807, 2.05) is 25.7 Å². The lowest BCUT2D eigenvalue weighted by Gasteiger charge is -2.30. The summed E-state index contributed by atoms with van der Waals surface area (Å²) < 4.78 is 0. The van der Waals surface area contributed by atoms with Crippen LogP contribution in [0.5, 0.6) is 0 Å². The zero-order chi connectivity index (χ0) is 14.0. The maximum absolute atomic E-state index is 12.6. The molecule has 0 spiro atoms. The van der Waals surface area contributed by atoms with Gasteiger partial charge in [-0.25, -0.2) is 0 Å². The van der Waals surface area contributed by atoms with Crippen molar-refractivity contribution in [1.29, 1.82) is 5.26 Å². The van der Waals surface area contributed by atoms with E-state index in [0.717, 1.165) is 29.5 Å². The highest BCUT2D eigenvalue weighted by molar-refractivity contribution is 5.97. The lowest BCUT2D eigenvalue weighted by molar-refractivity contribution is 0.0706. The molecule has 1 aliphatic rings. The Balaban J connectivity index is 2.20. The Hall–Kier alpha value is -1.82. The molecule has 1 amide bonds. The van der Waals surface area contributed by atoms with Crippen molar-refractivity contribution < 1.29 is 4.79 Å². The normalized spacial score (nSPS) is 16.2. The number of aryl methyl sites for hydroxylation is 3. The molecule has 1 fully saturated rings. The minimum Gasteiger partial charge on any atom is -0.339 e. The fraction of sp³-hybridized carbons (Fsp3) is 0.500. The Morgan fingerprint density at radius 2 is 1.74 bits per heavy atom. The van der Waals surface area contributed by atoms with E-state index < -0.39 is 0 Å². The standard InChI is InChI=1S/C16H20N2O/c1-11-8-12(2)15(13(3)9-11)16(19)18-6-4-14(10-17)5-7-18/h8-9,14H,4-7H2,1-3H3. The molecule has 0 bridgehead atoms. The van der Waals surface area contributed by atoms with Crippen LogP contribution in [-0.4, -0.2) is 23.9 Å². The molecule has 1 saturated heterocycles. The van der Waals surface area contributed by atoms with Gasteiger partial charge >= 0.3 is 0 Å². The van der Waals surface area contributed by atoms with Crippen LogP contribution in [0, 0.1) is 38.0 Å². The van der Waals surface area contributed by atoms with Crippen molar-refractivity contribution in [1.82, 2.24) is 4.90 Å². The SMILES string of the molecule is Cc1cc(C)c(C(=O)N2CCC(C#N)CC2)c(C)c1. The van der Waals surface area contributed by atoms with Crippen LogP contribution in [0.3, 0.4) is 0 Å². The van der Waals surface area contributed by atoms with Crippen molar-refractivity contribution in [2.75, 3.05) is 13.1 Å². The van der Waals surface area contributed by atoms with Gasteiger partial charge < -0.3 is 4.90 Å². The number of likely N-dealkylation sites (tertiary alicyclic amines) is 1. The predicted octanol–water partition coefficient (Wildman–Crippen LogP) is 2.99. The van der Waals surface area contributed by atoms with Crippen LogP contribution in [0.1, 0.15) is 39.9 Å². The Labute approximate surface area is 114 Å². The van der Waals surface area contributed by atoms with Gasteiger partial charge in [-0.15, -0.1) is 0 Å². The van der Waals surface area contributed by atoms with Gasteiger partial charge in [-0.1, -0.05) is 17.7 Å². The number of hydrogen-bond donors (Lipinski definition) is 0. The molecule has 0 aliphatic carbocycles. The van der Waals surface area contributed by atoms with E-state index >= 15 is 0 Å². The Bertz CT molecular complexity index is 511. The third-order valence-corrected chi connectivity index (χ3v) is 3.86. The van der Waals surface area contributed by atoms with E-state index in [1.165, 1.54) is 5.56 Å². The minimum absolute atomic E-state index is 0.115. The zero-order valence-corrected chi connectivity index (χ0v) is 11.9. The summed E-state index contributed by atoms with van der Waals surface area (Å²) in [6, 6.07) is 6.41. The number of benzene rings is 1. The number of piperidine rings is 1. The first-order chi connectivity index (χ1) is 9.02. The van der Waals surface area contributed by atoms with Crippen LogP contribution in [-0.2, 0) is 0 Å². The van der Waals surface area contributed by atoms with Crippen LogP contribution in [0.15, 0.2) is 12.1 Å². The van der Waals surface area contributed by atoms with Gasteiger partial charge in [0.1, 0.15) is 0 Å². The maximum Gasteiger partial charge on any atom is 0.254 e. The summed E-state index contributed by atoms with van der Waals surface area (Å²) in [5.41, 5.74) is 4.12. The molecule has 0 atom stereocenters. The summed E-state index contributed by atoms with van der Waals surface area (Å²) in [6.07, 6.45) is 1.60. The zero-order valence-electron chi connectivity index (χ0n) is 11.9. The number of amides is 1. The second-order valence-corrected chi connectivity index (χ2v) is 5.47. The van der Waals surface area contributed by atoms with Crippen LogP contribution >= 0.6 is 0 Å². The largest absolute Gasteiger partial charge is 0.339 e. The second kappa shape index (κ2) is 5.44. The highest BCUT2D eigenvalue weighted by atomic mass is 16.2. The molecule has 0 radical (unpaired) electrons. The summed E-state index contributed by atoms with van der Waals surface area (Å²) >= 11 is 0. The van der Waals surface area contributed by atoms with Crippen molar-refractivity contribution in [3.63, 3.8) is 0 Å². The second-order valence-electron chi connectivity index (χ2n) is 5.47. The quantitative estimate of drug-likeness (QED) is 0.775. The van der Waals surface area contributed by atoms with Gasteiger partial charge in [-0.2, -0.15) is 5.26 Å². The fourth-order valence-corrected chi connectivity index (χ4v) is 2.89. The minimum atomic E-state index is 0.115. The van der Waals surface area contributed by atoms with E-state index in [-0.39, 0.29) is 11.8 Å². The average molecular weight is 256 g/mol. The Morgan fingerprint density at radius 1 is 1.21 bits per heavy atom. The van der Waals surface area contributed by atoms with E-state index in [1.54, 1.807) is 0 Å². The van der Waals surface area contributed by atoms with Gasteiger partial charge in [0.15, 0.2) is 0 Å². The molecule has 3 nitrogen and oxygen atoms in total. The summed E-state index contributed by atoms with van der Waals surface area (Å²) in [4.78, 5) is 14.5. The molecule has 0 N–H and O–H groups in total. The van der Waals surface area contributed by atoms with E-state index in [0.29, 0.717) is 13.1 Å². The number of nitrogens with zero attached hydrogens (tertiary/aromatic N) is 2. The molecule has 100 valence electrons. The van der Waals surface area contributed by atoms with Crippen molar-refractivity contribution in [2.24, 2.45) is 5.92 Å². The molecule has 0 saturated carbocycles. The lowest BCUT2D eigenvalue weighted by Crippen LogP contribution is -2.38. The number of carbonyl (C=O) groups excluding carboxylic acids is 1. The summed E-state index contributed by atoms with van der Waals surface area (Å²) in [5, 5.41) is 8.90. The van der Waals surface area contributed by atoms with Gasteiger partial charge in [-0.3, -0.25) is 4.79 Å². The van der Waals surface area contributed by atoms with E-state index in [2.05, 4.69) is 18.2 Å². The topological polar surface area (TPSA) is 44.1 Å². The Morgan fingerprint density at radius 3 is 2.21 bits per heavy atom. The molecule has 3 heteroatoms. The number of carbonyl (C=O) groups is 1.